The second-order valence-corrected chi connectivity index (χ2v) is 3.44. The fraction of sp³-hybridized carbons (Fsp3) is 0.375. The molecular formula is C8H9N5O4. The molecule has 17 heavy (non-hydrogen) atoms. The molecular weight excluding hydrogens is 230 g/mol. The van der Waals surface area contributed by atoms with Crippen LogP contribution >= 0.6 is 0 Å². The van der Waals surface area contributed by atoms with Gasteiger partial charge in [0.15, 0.2) is 0 Å². The van der Waals surface area contributed by atoms with Gasteiger partial charge in [0.1, 0.15) is 12.2 Å². The number of imide groups is 1. The Morgan fingerprint density at radius 2 is 2.29 bits per heavy atom. The summed E-state index contributed by atoms with van der Waals surface area (Å²) in [6, 6.07) is -0.484. The maximum atomic E-state index is 11.3. The Balaban J connectivity index is 2.03. The van der Waals surface area contributed by atoms with Gasteiger partial charge in [-0.1, -0.05) is 5.21 Å². The molecule has 0 unspecified atom stereocenters. The monoisotopic (exact) mass is 239 g/mol. The molecule has 1 saturated heterocycles. The number of amides is 3. The number of carbonyl (C=O) groups excluding carboxylic acids is 2. The van der Waals surface area contributed by atoms with E-state index >= 15 is 0 Å². The van der Waals surface area contributed by atoms with Crippen molar-refractivity contribution >= 4 is 17.9 Å². The van der Waals surface area contributed by atoms with Crippen molar-refractivity contribution in [2.45, 2.75) is 13.1 Å². The Kier molecular flexibility index (Phi) is 2.73. The SMILES string of the molecule is O=C(O)Cn1cc(CN2C(=O)CNC2=O)nn1. The van der Waals surface area contributed by atoms with Gasteiger partial charge in [-0.15, -0.1) is 5.10 Å². The number of hydrogen-bond acceptors (Lipinski definition) is 5. The topological polar surface area (TPSA) is 117 Å². The van der Waals surface area contributed by atoms with Crippen LogP contribution in [0.4, 0.5) is 4.79 Å². The van der Waals surface area contributed by atoms with Crippen molar-refractivity contribution < 1.29 is 19.5 Å². The zero-order chi connectivity index (χ0) is 12.4. The van der Waals surface area contributed by atoms with Gasteiger partial charge in [0.25, 0.3) is 0 Å². The van der Waals surface area contributed by atoms with Crippen LogP contribution in [0.2, 0.25) is 0 Å². The van der Waals surface area contributed by atoms with Gasteiger partial charge in [0.2, 0.25) is 5.91 Å². The van der Waals surface area contributed by atoms with E-state index in [1.165, 1.54) is 6.20 Å². The summed E-state index contributed by atoms with van der Waals surface area (Å²) < 4.78 is 1.12. The van der Waals surface area contributed by atoms with E-state index in [9.17, 15) is 14.4 Å². The Labute approximate surface area is 95.0 Å². The van der Waals surface area contributed by atoms with Gasteiger partial charge in [-0.3, -0.25) is 14.5 Å². The number of rotatable bonds is 4. The first-order valence-electron chi connectivity index (χ1n) is 4.75. The first-order valence-corrected chi connectivity index (χ1v) is 4.75. The van der Waals surface area contributed by atoms with Crippen molar-refractivity contribution in [2.24, 2.45) is 0 Å². The Hall–Kier alpha value is -2.45. The molecule has 1 aliphatic rings. The smallest absolute Gasteiger partial charge is 0.325 e. The predicted molar refractivity (Wildman–Crippen MR) is 51.6 cm³/mol. The van der Waals surface area contributed by atoms with Crippen molar-refractivity contribution in [1.82, 2.24) is 25.2 Å². The van der Waals surface area contributed by atoms with Crippen LogP contribution in [-0.2, 0) is 22.7 Å². The zero-order valence-electron chi connectivity index (χ0n) is 8.66. The second kappa shape index (κ2) is 4.20. The van der Waals surface area contributed by atoms with Crippen molar-refractivity contribution in [3.63, 3.8) is 0 Å². The van der Waals surface area contributed by atoms with E-state index in [0.717, 1.165) is 9.58 Å². The van der Waals surface area contributed by atoms with Crippen molar-refractivity contribution in [2.75, 3.05) is 6.54 Å². The van der Waals surface area contributed by atoms with E-state index in [1.54, 1.807) is 0 Å². The van der Waals surface area contributed by atoms with Crippen LogP contribution in [0.15, 0.2) is 6.20 Å². The van der Waals surface area contributed by atoms with Gasteiger partial charge in [-0.05, 0) is 0 Å². The van der Waals surface area contributed by atoms with Crippen LogP contribution in [0.25, 0.3) is 0 Å². The molecule has 90 valence electrons. The number of nitrogens with one attached hydrogen (secondary N) is 1. The number of nitrogens with zero attached hydrogens (tertiary/aromatic N) is 4. The van der Waals surface area contributed by atoms with Crippen LogP contribution < -0.4 is 5.32 Å². The fourth-order valence-electron chi connectivity index (χ4n) is 1.40. The van der Waals surface area contributed by atoms with Crippen molar-refractivity contribution in [3.05, 3.63) is 11.9 Å². The number of aliphatic carboxylic acids is 1. The van der Waals surface area contributed by atoms with E-state index in [0.29, 0.717) is 5.69 Å². The molecule has 0 aliphatic carbocycles. The van der Waals surface area contributed by atoms with Gasteiger partial charge in [-0.2, -0.15) is 0 Å². The summed E-state index contributed by atoms with van der Waals surface area (Å²) in [7, 11) is 0. The van der Waals surface area contributed by atoms with E-state index < -0.39 is 12.0 Å². The summed E-state index contributed by atoms with van der Waals surface area (Å²) >= 11 is 0. The molecule has 0 atom stereocenters. The van der Waals surface area contributed by atoms with E-state index in [2.05, 4.69) is 15.6 Å². The van der Waals surface area contributed by atoms with E-state index in [1.807, 2.05) is 0 Å². The number of carbonyl (C=O) groups is 3. The maximum absolute atomic E-state index is 11.3. The highest BCUT2D eigenvalue weighted by atomic mass is 16.4. The molecule has 0 spiro atoms. The largest absolute Gasteiger partial charge is 0.480 e. The van der Waals surface area contributed by atoms with E-state index in [-0.39, 0.29) is 25.5 Å². The molecule has 1 aromatic heterocycles. The lowest BCUT2D eigenvalue weighted by atomic mass is 10.4. The zero-order valence-corrected chi connectivity index (χ0v) is 8.66. The molecule has 0 aromatic carbocycles. The molecule has 2 N–H and O–H groups in total. The molecule has 0 radical (unpaired) electrons. The van der Waals surface area contributed by atoms with Gasteiger partial charge in [0.05, 0.1) is 19.3 Å². The van der Waals surface area contributed by atoms with Crippen LogP contribution in [-0.4, -0.2) is 49.5 Å². The lowest BCUT2D eigenvalue weighted by Crippen LogP contribution is -2.30. The van der Waals surface area contributed by atoms with Crippen LogP contribution in [0.1, 0.15) is 5.69 Å². The molecule has 1 aliphatic heterocycles. The number of carboxylic acids is 1. The summed E-state index contributed by atoms with van der Waals surface area (Å²) in [6.07, 6.45) is 1.38. The summed E-state index contributed by atoms with van der Waals surface area (Å²) in [5.74, 6) is -1.39. The van der Waals surface area contributed by atoms with Crippen LogP contribution in [0.3, 0.4) is 0 Å². The summed E-state index contributed by atoms with van der Waals surface area (Å²) in [5, 5.41) is 18.1. The molecule has 2 heterocycles. The van der Waals surface area contributed by atoms with E-state index in [4.69, 9.17) is 5.11 Å². The summed E-state index contributed by atoms with van der Waals surface area (Å²) in [6.45, 7) is -0.348. The number of urea groups is 1. The Bertz CT molecular complexity index is 466. The minimum Gasteiger partial charge on any atom is -0.480 e. The highest BCUT2D eigenvalue weighted by Crippen LogP contribution is 2.05. The fourth-order valence-corrected chi connectivity index (χ4v) is 1.40. The molecule has 9 nitrogen and oxygen atoms in total. The molecule has 0 bridgehead atoms. The summed E-state index contributed by atoms with van der Waals surface area (Å²) in [5.41, 5.74) is 0.358. The standard InChI is InChI=1S/C8H9N5O4/c14-6-1-9-8(17)13(6)3-5-2-12(11-10-5)4-7(15)16/h2H,1,3-4H2,(H,9,17)(H,15,16). The third-order valence-corrected chi connectivity index (χ3v) is 2.14. The Morgan fingerprint density at radius 3 is 2.88 bits per heavy atom. The van der Waals surface area contributed by atoms with Gasteiger partial charge in [0, 0.05) is 0 Å². The lowest BCUT2D eigenvalue weighted by molar-refractivity contribution is -0.138. The molecule has 1 aromatic rings. The number of carboxylic acid groups (broad SMARTS) is 1. The highest BCUT2D eigenvalue weighted by molar-refractivity contribution is 6.01. The summed E-state index contributed by atoms with van der Waals surface area (Å²) in [4.78, 5) is 33.9. The average Bonchev–Trinajstić information content (AvgIpc) is 2.79. The quantitative estimate of drug-likeness (QED) is 0.612. The average molecular weight is 239 g/mol. The molecule has 3 amide bonds. The minimum atomic E-state index is -1.04. The van der Waals surface area contributed by atoms with Crippen LogP contribution in [0, 0.1) is 0 Å². The molecule has 0 saturated carbocycles. The minimum absolute atomic E-state index is 0.00964. The van der Waals surface area contributed by atoms with Gasteiger partial charge < -0.3 is 10.4 Å². The molecule has 2 rings (SSSR count). The predicted octanol–water partition coefficient (Wildman–Crippen LogP) is -1.59. The molecule has 1 fully saturated rings. The number of hydrogen-bond donors (Lipinski definition) is 2. The normalized spacial score (nSPS) is 15.2. The highest BCUT2D eigenvalue weighted by Gasteiger charge is 2.29. The number of aromatic nitrogens is 3. The van der Waals surface area contributed by atoms with Crippen molar-refractivity contribution in [3.8, 4) is 0 Å². The maximum Gasteiger partial charge on any atom is 0.325 e. The second-order valence-electron chi connectivity index (χ2n) is 3.44. The van der Waals surface area contributed by atoms with Crippen molar-refractivity contribution in [1.29, 1.82) is 0 Å². The third kappa shape index (κ3) is 2.38. The first kappa shape index (κ1) is 11.0. The van der Waals surface area contributed by atoms with Crippen LogP contribution in [0.5, 0.6) is 0 Å². The van der Waals surface area contributed by atoms with Gasteiger partial charge in [-0.25, -0.2) is 9.48 Å². The first-order chi connectivity index (χ1) is 8.06. The Morgan fingerprint density at radius 1 is 1.53 bits per heavy atom. The third-order valence-electron chi connectivity index (χ3n) is 2.14. The lowest BCUT2D eigenvalue weighted by Gasteiger charge is -2.08. The van der Waals surface area contributed by atoms with Gasteiger partial charge >= 0.3 is 12.0 Å². The molecule has 9 heteroatoms.